The number of nitrogens with zero attached hydrogens (tertiary/aromatic N) is 3. The van der Waals surface area contributed by atoms with Crippen molar-refractivity contribution in [3.63, 3.8) is 0 Å². The average molecular weight is 314 g/mol. The quantitative estimate of drug-likeness (QED) is 0.848. The number of hydrogen-bond acceptors (Lipinski definition) is 2. The van der Waals surface area contributed by atoms with Crippen molar-refractivity contribution in [2.75, 3.05) is 0 Å². The maximum atomic E-state index is 12.6. The van der Waals surface area contributed by atoms with E-state index in [1.807, 2.05) is 4.68 Å². The molecular weight excluding hydrogens is 304 g/mol. The Bertz CT molecular complexity index is 595. The summed E-state index contributed by atoms with van der Waals surface area (Å²) in [7, 11) is 0. The topological polar surface area (TPSA) is 30.7 Å². The van der Waals surface area contributed by atoms with E-state index in [1.165, 1.54) is 6.07 Å². The summed E-state index contributed by atoms with van der Waals surface area (Å²) in [6.45, 7) is 0.877. The van der Waals surface area contributed by atoms with E-state index in [0.717, 1.165) is 29.6 Å². The third kappa shape index (κ3) is 1.84. The van der Waals surface area contributed by atoms with Gasteiger partial charge in [-0.05, 0) is 40.9 Å². The van der Waals surface area contributed by atoms with Crippen molar-refractivity contribution in [2.45, 2.75) is 25.8 Å². The molecule has 2 aromatic heterocycles. The standard InChI is InChI=1S/C12H10BrF2N3/c13-10-9-5-2-6-18(9)17-11(10)7-3-1-4-8(16-7)12(14)15/h1,3-4,12H,2,5-6H2. The Balaban J connectivity index is 2.07. The first-order valence-electron chi connectivity index (χ1n) is 5.67. The minimum Gasteiger partial charge on any atom is -0.268 e. The zero-order valence-corrected chi connectivity index (χ0v) is 11.0. The van der Waals surface area contributed by atoms with Gasteiger partial charge in [-0.25, -0.2) is 13.8 Å². The van der Waals surface area contributed by atoms with Crippen LogP contribution in [0.3, 0.4) is 0 Å². The zero-order chi connectivity index (χ0) is 12.7. The van der Waals surface area contributed by atoms with Gasteiger partial charge in [-0.3, -0.25) is 4.68 Å². The van der Waals surface area contributed by atoms with Gasteiger partial charge in [-0.15, -0.1) is 0 Å². The fourth-order valence-corrected chi connectivity index (χ4v) is 2.85. The van der Waals surface area contributed by atoms with Crippen LogP contribution in [0.15, 0.2) is 22.7 Å². The summed E-state index contributed by atoms with van der Waals surface area (Å²) >= 11 is 3.49. The van der Waals surface area contributed by atoms with Crippen LogP contribution in [-0.2, 0) is 13.0 Å². The molecule has 94 valence electrons. The van der Waals surface area contributed by atoms with E-state index in [4.69, 9.17) is 0 Å². The minimum atomic E-state index is -2.56. The normalized spacial score (nSPS) is 14.2. The molecule has 18 heavy (non-hydrogen) atoms. The second kappa shape index (κ2) is 4.42. The zero-order valence-electron chi connectivity index (χ0n) is 9.41. The van der Waals surface area contributed by atoms with Crippen molar-refractivity contribution in [1.82, 2.24) is 14.8 Å². The van der Waals surface area contributed by atoms with E-state index < -0.39 is 6.43 Å². The fraction of sp³-hybridized carbons (Fsp3) is 0.333. The lowest BCUT2D eigenvalue weighted by Crippen LogP contribution is -1.96. The van der Waals surface area contributed by atoms with E-state index in [0.29, 0.717) is 11.4 Å². The van der Waals surface area contributed by atoms with Gasteiger partial charge in [0, 0.05) is 6.54 Å². The summed E-state index contributed by atoms with van der Waals surface area (Å²) in [6.07, 6.45) is -0.522. The molecule has 0 aromatic carbocycles. The number of rotatable bonds is 2. The van der Waals surface area contributed by atoms with Crippen LogP contribution < -0.4 is 0 Å². The molecule has 2 aromatic rings. The number of fused-ring (bicyclic) bond motifs is 1. The van der Waals surface area contributed by atoms with Crippen LogP contribution in [-0.4, -0.2) is 14.8 Å². The highest BCUT2D eigenvalue weighted by atomic mass is 79.9. The maximum absolute atomic E-state index is 12.6. The van der Waals surface area contributed by atoms with Gasteiger partial charge in [-0.1, -0.05) is 6.07 Å². The van der Waals surface area contributed by atoms with Crippen LogP contribution >= 0.6 is 15.9 Å². The SMILES string of the molecule is FC(F)c1cccc(-c2nn3c(c2Br)CCC3)n1. The second-order valence-electron chi connectivity index (χ2n) is 4.18. The highest BCUT2D eigenvalue weighted by Gasteiger charge is 2.22. The number of halogens is 3. The number of alkyl halides is 2. The van der Waals surface area contributed by atoms with Crippen LogP contribution in [0.25, 0.3) is 11.4 Å². The van der Waals surface area contributed by atoms with Crippen LogP contribution in [0.4, 0.5) is 8.78 Å². The summed E-state index contributed by atoms with van der Waals surface area (Å²) in [4.78, 5) is 3.96. The summed E-state index contributed by atoms with van der Waals surface area (Å²) in [5, 5.41) is 4.42. The molecule has 1 aliphatic rings. The molecule has 6 heteroatoms. The molecule has 0 spiro atoms. The molecule has 1 aliphatic heterocycles. The van der Waals surface area contributed by atoms with Crippen molar-refractivity contribution in [3.8, 4) is 11.4 Å². The van der Waals surface area contributed by atoms with Crippen molar-refractivity contribution in [1.29, 1.82) is 0 Å². The Morgan fingerprint density at radius 3 is 2.89 bits per heavy atom. The van der Waals surface area contributed by atoms with Gasteiger partial charge < -0.3 is 0 Å². The van der Waals surface area contributed by atoms with Gasteiger partial charge in [-0.2, -0.15) is 5.10 Å². The highest BCUT2D eigenvalue weighted by molar-refractivity contribution is 9.10. The van der Waals surface area contributed by atoms with E-state index >= 15 is 0 Å². The molecular formula is C12H10BrF2N3. The molecule has 3 rings (SSSR count). The van der Waals surface area contributed by atoms with Crippen molar-refractivity contribution in [2.24, 2.45) is 0 Å². The van der Waals surface area contributed by atoms with Crippen molar-refractivity contribution >= 4 is 15.9 Å². The highest BCUT2D eigenvalue weighted by Crippen LogP contribution is 2.33. The van der Waals surface area contributed by atoms with Crippen molar-refractivity contribution < 1.29 is 8.78 Å². The van der Waals surface area contributed by atoms with Crippen LogP contribution in [0.1, 0.15) is 24.2 Å². The Morgan fingerprint density at radius 2 is 2.17 bits per heavy atom. The van der Waals surface area contributed by atoms with Crippen LogP contribution in [0.5, 0.6) is 0 Å². The largest absolute Gasteiger partial charge is 0.280 e. The number of aromatic nitrogens is 3. The third-order valence-corrected chi connectivity index (χ3v) is 3.85. The summed E-state index contributed by atoms with van der Waals surface area (Å²) in [5.41, 5.74) is 2.04. The first-order chi connectivity index (χ1) is 8.66. The summed E-state index contributed by atoms with van der Waals surface area (Å²) < 4.78 is 28.0. The monoisotopic (exact) mass is 313 g/mol. The van der Waals surface area contributed by atoms with E-state index in [-0.39, 0.29) is 5.69 Å². The van der Waals surface area contributed by atoms with Crippen LogP contribution in [0.2, 0.25) is 0 Å². The lowest BCUT2D eigenvalue weighted by atomic mass is 10.2. The second-order valence-corrected chi connectivity index (χ2v) is 4.98. The van der Waals surface area contributed by atoms with Gasteiger partial charge in [0.05, 0.1) is 15.9 Å². The third-order valence-electron chi connectivity index (χ3n) is 3.01. The molecule has 0 atom stereocenters. The molecule has 0 saturated carbocycles. The van der Waals surface area contributed by atoms with E-state index in [2.05, 4.69) is 26.0 Å². The first kappa shape index (κ1) is 11.8. The van der Waals surface area contributed by atoms with Gasteiger partial charge >= 0.3 is 0 Å². The lowest BCUT2D eigenvalue weighted by Gasteiger charge is -2.02. The van der Waals surface area contributed by atoms with E-state index in [1.54, 1.807) is 12.1 Å². The van der Waals surface area contributed by atoms with Gasteiger partial charge in [0.2, 0.25) is 0 Å². The predicted molar refractivity (Wildman–Crippen MR) is 66.4 cm³/mol. The fourth-order valence-electron chi connectivity index (χ4n) is 2.16. The molecule has 3 nitrogen and oxygen atoms in total. The van der Waals surface area contributed by atoms with Gasteiger partial charge in [0.25, 0.3) is 6.43 Å². The van der Waals surface area contributed by atoms with Gasteiger partial charge in [0.1, 0.15) is 11.4 Å². The molecule has 0 radical (unpaired) electrons. The molecule has 0 aliphatic carbocycles. The molecule has 0 saturated heterocycles. The molecule has 0 amide bonds. The molecule has 3 heterocycles. The number of pyridine rings is 1. The molecule has 0 fully saturated rings. The number of aryl methyl sites for hydroxylation is 1. The molecule has 0 unspecified atom stereocenters. The molecule has 0 bridgehead atoms. The van der Waals surface area contributed by atoms with E-state index in [9.17, 15) is 8.78 Å². The Labute approximate surface area is 111 Å². The Kier molecular flexibility index (Phi) is 2.89. The van der Waals surface area contributed by atoms with Crippen LogP contribution in [0, 0.1) is 0 Å². The van der Waals surface area contributed by atoms with Gasteiger partial charge in [0.15, 0.2) is 0 Å². The first-order valence-corrected chi connectivity index (χ1v) is 6.47. The summed E-state index contributed by atoms with van der Waals surface area (Å²) in [5.74, 6) is 0. The Morgan fingerprint density at radius 1 is 1.33 bits per heavy atom. The lowest BCUT2D eigenvalue weighted by molar-refractivity contribution is 0.146. The predicted octanol–water partition coefficient (Wildman–Crippen LogP) is 3.59. The number of hydrogen-bond donors (Lipinski definition) is 0. The average Bonchev–Trinajstić information content (AvgIpc) is 2.93. The van der Waals surface area contributed by atoms with Crippen molar-refractivity contribution in [3.05, 3.63) is 34.1 Å². The minimum absolute atomic E-state index is 0.215. The summed E-state index contributed by atoms with van der Waals surface area (Å²) in [6, 6.07) is 4.61. The smallest absolute Gasteiger partial charge is 0.268 e. The Hall–Kier alpha value is -1.30. The maximum Gasteiger partial charge on any atom is 0.280 e. The molecule has 0 N–H and O–H groups in total.